The highest BCUT2D eigenvalue weighted by atomic mass is 32.2. The molecule has 0 aromatic heterocycles. The third kappa shape index (κ3) is 3.81. The van der Waals surface area contributed by atoms with Crippen molar-refractivity contribution in [2.24, 2.45) is 17.8 Å². The van der Waals surface area contributed by atoms with Crippen molar-refractivity contribution in [3.05, 3.63) is 24.3 Å². The van der Waals surface area contributed by atoms with Gasteiger partial charge in [0.1, 0.15) is 0 Å². The molecule has 3 aliphatic rings. The fourth-order valence-corrected chi connectivity index (χ4v) is 7.61. The van der Waals surface area contributed by atoms with Crippen LogP contribution in [0.15, 0.2) is 34.1 Å². The average Bonchev–Trinajstić information content (AvgIpc) is 3.25. The zero-order valence-corrected chi connectivity index (χ0v) is 17.3. The van der Waals surface area contributed by atoms with Crippen LogP contribution in [0, 0.1) is 17.8 Å². The summed E-state index contributed by atoms with van der Waals surface area (Å²) in [5, 5.41) is 0. The Hall–Kier alpha value is -0.960. The van der Waals surface area contributed by atoms with Gasteiger partial charge in [0.2, 0.25) is 20.0 Å². The first-order valence-corrected chi connectivity index (χ1v) is 12.8. The number of rotatable bonds is 5. The molecular weight excluding hydrogens is 384 g/mol. The summed E-state index contributed by atoms with van der Waals surface area (Å²) in [7, 11) is -7.18. The Morgan fingerprint density at radius 1 is 0.889 bits per heavy atom. The summed E-state index contributed by atoms with van der Waals surface area (Å²) >= 11 is 0. The molecule has 0 amide bonds. The van der Waals surface area contributed by atoms with Gasteiger partial charge in [-0.25, -0.2) is 21.6 Å². The zero-order valence-electron chi connectivity index (χ0n) is 15.7. The molecule has 0 spiro atoms. The van der Waals surface area contributed by atoms with E-state index in [2.05, 4.69) is 11.6 Å². The second-order valence-electron chi connectivity index (χ2n) is 8.46. The molecule has 0 unspecified atom stereocenters. The molecule has 27 heavy (non-hydrogen) atoms. The minimum atomic E-state index is -3.62. The van der Waals surface area contributed by atoms with Crippen LogP contribution in [0.25, 0.3) is 0 Å². The number of hydrogen-bond donors (Lipinski definition) is 1. The van der Waals surface area contributed by atoms with E-state index in [9.17, 15) is 16.8 Å². The number of piperidine rings is 1. The molecule has 6 nitrogen and oxygen atoms in total. The Morgan fingerprint density at radius 3 is 2.07 bits per heavy atom. The van der Waals surface area contributed by atoms with E-state index in [1.807, 2.05) is 0 Å². The van der Waals surface area contributed by atoms with E-state index >= 15 is 0 Å². The van der Waals surface area contributed by atoms with Gasteiger partial charge in [0.15, 0.2) is 0 Å². The molecule has 1 saturated heterocycles. The predicted octanol–water partition coefficient (Wildman–Crippen LogP) is 2.57. The average molecular weight is 413 g/mol. The number of sulfonamides is 2. The van der Waals surface area contributed by atoms with Gasteiger partial charge in [-0.15, -0.1) is 0 Å². The summed E-state index contributed by atoms with van der Waals surface area (Å²) in [6.07, 6.45) is 6.08. The summed E-state index contributed by atoms with van der Waals surface area (Å²) in [5.41, 5.74) is 0. The third-order valence-corrected chi connectivity index (χ3v) is 9.98. The highest BCUT2D eigenvalue weighted by Gasteiger charge is 2.41. The first-order valence-electron chi connectivity index (χ1n) is 9.88. The number of nitrogens with one attached hydrogen (secondary N) is 1. The van der Waals surface area contributed by atoms with Gasteiger partial charge in [-0.2, -0.15) is 4.31 Å². The van der Waals surface area contributed by atoms with Crippen LogP contribution in [0.2, 0.25) is 0 Å². The number of hydrogen-bond acceptors (Lipinski definition) is 4. The molecule has 1 N–H and O–H groups in total. The van der Waals surface area contributed by atoms with Crippen molar-refractivity contribution < 1.29 is 16.8 Å². The Labute approximate surface area is 162 Å². The van der Waals surface area contributed by atoms with Crippen LogP contribution in [0.5, 0.6) is 0 Å². The molecule has 3 fully saturated rings. The Morgan fingerprint density at radius 2 is 1.52 bits per heavy atom. The topological polar surface area (TPSA) is 83.6 Å². The van der Waals surface area contributed by atoms with Gasteiger partial charge in [0, 0.05) is 19.1 Å². The molecule has 0 radical (unpaired) electrons. The second kappa shape index (κ2) is 7.13. The van der Waals surface area contributed by atoms with Crippen LogP contribution in [0.3, 0.4) is 0 Å². The van der Waals surface area contributed by atoms with Crippen LogP contribution in [0.1, 0.15) is 45.4 Å². The SMILES string of the molecule is CC1CCN(S(=O)(=O)c2ccc(S(=O)(=O)N[C@H]3C[C@H]4CC[C@H]3C4)cc2)CC1. The number of nitrogens with zero attached hydrogens (tertiary/aromatic N) is 1. The van der Waals surface area contributed by atoms with E-state index in [4.69, 9.17) is 0 Å². The maximum atomic E-state index is 12.8. The minimum absolute atomic E-state index is 0.0208. The Bertz CT molecular complexity index is 888. The van der Waals surface area contributed by atoms with E-state index in [1.165, 1.54) is 35.0 Å². The molecule has 8 heteroatoms. The smallest absolute Gasteiger partial charge is 0.208 e. The minimum Gasteiger partial charge on any atom is -0.208 e. The van der Waals surface area contributed by atoms with E-state index < -0.39 is 20.0 Å². The summed E-state index contributed by atoms with van der Waals surface area (Å²) in [6, 6.07) is 5.68. The van der Waals surface area contributed by atoms with Crippen molar-refractivity contribution in [3.63, 3.8) is 0 Å². The zero-order chi connectivity index (χ0) is 19.2. The van der Waals surface area contributed by atoms with E-state index in [0.717, 1.165) is 32.1 Å². The summed E-state index contributed by atoms with van der Waals surface area (Å²) in [5.74, 6) is 1.65. The lowest BCUT2D eigenvalue weighted by Gasteiger charge is -2.29. The van der Waals surface area contributed by atoms with Crippen molar-refractivity contribution in [2.75, 3.05) is 13.1 Å². The van der Waals surface area contributed by atoms with Gasteiger partial charge in [-0.05, 0) is 74.1 Å². The molecule has 1 aliphatic heterocycles. The summed E-state index contributed by atoms with van der Waals surface area (Å²) in [4.78, 5) is 0.299. The van der Waals surface area contributed by atoms with Gasteiger partial charge < -0.3 is 0 Å². The van der Waals surface area contributed by atoms with Crippen molar-refractivity contribution >= 4 is 20.0 Å². The van der Waals surface area contributed by atoms with E-state index in [-0.39, 0.29) is 15.8 Å². The lowest BCUT2D eigenvalue weighted by Crippen LogP contribution is -2.38. The normalized spacial score (nSPS) is 30.0. The maximum absolute atomic E-state index is 12.8. The second-order valence-corrected chi connectivity index (χ2v) is 12.1. The first-order chi connectivity index (χ1) is 12.8. The number of benzene rings is 1. The molecule has 3 atom stereocenters. The summed E-state index contributed by atoms with van der Waals surface area (Å²) in [6.45, 7) is 3.18. The van der Waals surface area contributed by atoms with Crippen molar-refractivity contribution in [3.8, 4) is 0 Å². The summed E-state index contributed by atoms with van der Waals surface area (Å²) < 4.78 is 55.3. The fourth-order valence-electron chi connectivity index (χ4n) is 4.82. The molecule has 1 aromatic carbocycles. The van der Waals surface area contributed by atoms with Crippen molar-refractivity contribution in [2.45, 2.75) is 61.3 Å². The lowest BCUT2D eigenvalue weighted by molar-refractivity contribution is 0.288. The quantitative estimate of drug-likeness (QED) is 0.806. The molecule has 4 rings (SSSR count). The van der Waals surface area contributed by atoms with Crippen LogP contribution in [-0.4, -0.2) is 40.3 Å². The molecular formula is C19H28N2O4S2. The van der Waals surface area contributed by atoms with E-state index in [0.29, 0.717) is 30.8 Å². The maximum Gasteiger partial charge on any atom is 0.243 e. The third-order valence-electron chi connectivity index (χ3n) is 6.56. The van der Waals surface area contributed by atoms with Crippen LogP contribution >= 0.6 is 0 Å². The van der Waals surface area contributed by atoms with E-state index in [1.54, 1.807) is 0 Å². The molecule has 1 heterocycles. The van der Waals surface area contributed by atoms with Crippen LogP contribution < -0.4 is 4.72 Å². The fraction of sp³-hybridized carbons (Fsp3) is 0.684. The largest absolute Gasteiger partial charge is 0.243 e. The van der Waals surface area contributed by atoms with Gasteiger partial charge in [-0.3, -0.25) is 0 Å². The number of fused-ring (bicyclic) bond motifs is 2. The van der Waals surface area contributed by atoms with Gasteiger partial charge in [0.05, 0.1) is 9.79 Å². The monoisotopic (exact) mass is 412 g/mol. The molecule has 1 aromatic rings. The van der Waals surface area contributed by atoms with Crippen LogP contribution in [-0.2, 0) is 20.0 Å². The predicted molar refractivity (Wildman–Crippen MR) is 103 cm³/mol. The first kappa shape index (κ1) is 19.4. The van der Waals surface area contributed by atoms with Crippen LogP contribution in [0.4, 0.5) is 0 Å². The Kier molecular flexibility index (Phi) is 5.12. The molecule has 2 saturated carbocycles. The van der Waals surface area contributed by atoms with Gasteiger partial charge in [0.25, 0.3) is 0 Å². The molecule has 150 valence electrons. The lowest BCUT2D eigenvalue weighted by atomic mass is 9.96. The Balaban J connectivity index is 1.48. The molecule has 2 aliphatic carbocycles. The highest BCUT2D eigenvalue weighted by Crippen LogP contribution is 2.44. The highest BCUT2D eigenvalue weighted by molar-refractivity contribution is 7.89. The van der Waals surface area contributed by atoms with Crippen molar-refractivity contribution in [1.82, 2.24) is 9.03 Å². The van der Waals surface area contributed by atoms with Crippen molar-refractivity contribution in [1.29, 1.82) is 0 Å². The molecule has 2 bridgehead atoms. The van der Waals surface area contributed by atoms with Gasteiger partial charge >= 0.3 is 0 Å². The van der Waals surface area contributed by atoms with Gasteiger partial charge in [-0.1, -0.05) is 13.3 Å². The standard InChI is InChI=1S/C19H28N2O4S2/c1-14-8-10-21(11-9-14)27(24,25)18-6-4-17(5-7-18)26(22,23)20-19-13-15-2-3-16(19)12-15/h4-7,14-16,19-20H,2-3,8-13H2,1H3/t15-,16-,19-/m0/s1.